The van der Waals surface area contributed by atoms with E-state index in [2.05, 4.69) is 15.0 Å². The third-order valence-electron chi connectivity index (χ3n) is 4.73. The summed E-state index contributed by atoms with van der Waals surface area (Å²) in [7, 11) is -3.54. The second-order valence-electron chi connectivity index (χ2n) is 6.49. The highest BCUT2D eigenvalue weighted by molar-refractivity contribution is 7.90. The van der Waals surface area contributed by atoms with Crippen molar-refractivity contribution in [3.8, 4) is 0 Å². The number of benzene rings is 1. The van der Waals surface area contributed by atoms with Crippen LogP contribution < -0.4 is 19.9 Å². The molecule has 6 nitrogen and oxygen atoms in total. The van der Waals surface area contributed by atoms with Crippen molar-refractivity contribution in [2.24, 2.45) is 0 Å². The fraction of sp³-hybridized carbons (Fsp3) is 0.562. The topological polar surface area (TPSA) is 76.6 Å². The Kier molecular flexibility index (Phi) is 4.87. The average Bonchev–Trinajstić information content (AvgIpc) is 2.56. The van der Waals surface area contributed by atoms with Gasteiger partial charge >= 0.3 is 16.0 Å². The van der Waals surface area contributed by atoms with E-state index in [9.17, 15) is 8.42 Å². The van der Waals surface area contributed by atoms with Crippen molar-refractivity contribution in [1.82, 2.24) is 10.0 Å². The van der Waals surface area contributed by atoms with E-state index >= 15 is 0 Å². The number of hydrogen-bond acceptors (Lipinski definition) is 3. The summed E-state index contributed by atoms with van der Waals surface area (Å²) in [5.74, 6) is 0.477. The fourth-order valence-corrected chi connectivity index (χ4v) is 4.34. The first-order chi connectivity index (χ1) is 11.0. The lowest BCUT2D eigenvalue weighted by molar-refractivity contribution is -1.00. The van der Waals surface area contributed by atoms with E-state index in [-0.39, 0.29) is 4.90 Å². The molecule has 1 atom stereocenters. The van der Waals surface area contributed by atoms with E-state index in [4.69, 9.17) is 0 Å². The van der Waals surface area contributed by atoms with Crippen LogP contribution in [0.4, 0.5) is 0 Å². The molecule has 1 aliphatic heterocycles. The Bertz CT molecular complexity index is 664. The minimum absolute atomic E-state index is 0.279. The van der Waals surface area contributed by atoms with Crippen LogP contribution in [-0.4, -0.2) is 33.8 Å². The highest BCUT2D eigenvalue weighted by atomic mass is 32.2. The van der Waals surface area contributed by atoms with Gasteiger partial charge in [0.1, 0.15) is 4.90 Å². The van der Waals surface area contributed by atoms with Gasteiger partial charge in [0.2, 0.25) is 0 Å². The van der Waals surface area contributed by atoms with Crippen LogP contribution in [0.25, 0.3) is 0 Å². The molecule has 126 valence electrons. The standard InChI is InChI=1S/C16H24N4O2S/c1-13-7-9-15(10-8-13)23(21,22)19-16-17-11-20(12-18-16)14-5-3-2-4-6-14/h7-10,14H,2-6,11-12H2,1H3,(H2,17,18,19)/p+2. The Morgan fingerprint density at radius 3 is 2.48 bits per heavy atom. The minimum Gasteiger partial charge on any atom is -0.274 e. The lowest BCUT2D eigenvalue weighted by Gasteiger charge is -2.30. The Labute approximate surface area is 138 Å². The van der Waals surface area contributed by atoms with Gasteiger partial charge in [-0.2, -0.15) is 13.1 Å². The molecule has 0 amide bonds. The molecule has 1 aromatic carbocycles. The lowest BCUT2D eigenvalue weighted by atomic mass is 9.94. The number of nitrogens with one attached hydrogen (secondary N) is 4. The predicted octanol–water partition coefficient (Wildman–Crippen LogP) is -1.55. The molecule has 7 heteroatoms. The first-order valence-corrected chi connectivity index (χ1v) is 9.82. The second-order valence-corrected chi connectivity index (χ2v) is 8.18. The SMILES string of the molecule is Cc1ccc(S(=O)(=O)NC2=[NH+]C[NH+](C3CCCCC3)CN2)cc1. The highest BCUT2D eigenvalue weighted by Gasteiger charge is 2.30. The molecule has 4 N–H and O–H groups in total. The maximum absolute atomic E-state index is 12.4. The summed E-state index contributed by atoms with van der Waals surface area (Å²) in [6, 6.07) is 7.53. The Balaban J connectivity index is 1.62. The molecule has 0 radical (unpaired) electrons. The van der Waals surface area contributed by atoms with Crippen molar-refractivity contribution >= 4 is 16.0 Å². The van der Waals surface area contributed by atoms with Gasteiger partial charge in [0.15, 0.2) is 13.3 Å². The first-order valence-electron chi connectivity index (χ1n) is 8.33. The summed E-state index contributed by atoms with van der Waals surface area (Å²) >= 11 is 0. The summed E-state index contributed by atoms with van der Waals surface area (Å²) in [6.45, 7) is 3.44. The van der Waals surface area contributed by atoms with Gasteiger partial charge in [-0.25, -0.2) is 10.3 Å². The Morgan fingerprint density at radius 1 is 1.17 bits per heavy atom. The Hall–Kier alpha value is -1.60. The van der Waals surface area contributed by atoms with E-state index in [0.29, 0.717) is 12.0 Å². The summed E-state index contributed by atoms with van der Waals surface area (Å²) in [5.41, 5.74) is 1.04. The van der Waals surface area contributed by atoms with Crippen LogP contribution in [0.15, 0.2) is 29.2 Å². The molecule has 2 aliphatic rings. The number of rotatable bonds is 3. The number of hydrogen-bond donors (Lipinski definition) is 4. The molecule has 1 saturated carbocycles. The van der Waals surface area contributed by atoms with Gasteiger partial charge in [0.25, 0.3) is 0 Å². The van der Waals surface area contributed by atoms with Crippen molar-refractivity contribution in [2.45, 2.75) is 50.0 Å². The monoisotopic (exact) mass is 338 g/mol. The molecular weight excluding hydrogens is 312 g/mol. The molecular formula is C16H26N4O2S+2. The van der Waals surface area contributed by atoms with Crippen molar-refractivity contribution in [3.63, 3.8) is 0 Å². The molecule has 1 heterocycles. The largest absolute Gasteiger partial charge is 0.367 e. The van der Waals surface area contributed by atoms with Gasteiger partial charge in [0, 0.05) is 0 Å². The van der Waals surface area contributed by atoms with E-state index in [1.165, 1.54) is 37.0 Å². The van der Waals surface area contributed by atoms with Crippen LogP contribution in [0.2, 0.25) is 0 Å². The van der Waals surface area contributed by atoms with Gasteiger partial charge in [-0.3, -0.25) is 4.90 Å². The zero-order valence-electron chi connectivity index (χ0n) is 13.6. The molecule has 0 aromatic heterocycles. The third-order valence-corrected chi connectivity index (χ3v) is 6.10. The summed E-state index contributed by atoms with van der Waals surface area (Å²) in [4.78, 5) is 4.92. The quantitative estimate of drug-likeness (QED) is 0.539. The first kappa shape index (κ1) is 16.3. The van der Waals surface area contributed by atoms with Gasteiger partial charge in [0.05, 0.1) is 6.04 Å². The molecule has 1 fully saturated rings. The number of sulfonamides is 1. The zero-order chi connectivity index (χ0) is 16.3. The van der Waals surface area contributed by atoms with Crippen molar-refractivity contribution < 1.29 is 18.3 Å². The summed E-state index contributed by atoms with van der Waals surface area (Å²) in [6.07, 6.45) is 6.50. The van der Waals surface area contributed by atoms with Gasteiger partial charge in [-0.15, -0.1) is 0 Å². The molecule has 0 saturated heterocycles. The molecule has 1 aromatic rings. The fourth-order valence-electron chi connectivity index (χ4n) is 3.31. The van der Waals surface area contributed by atoms with Gasteiger partial charge in [-0.05, 0) is 44.7 Å². The number of quaternary nitrogens is 1. The number of guanidine groups is 1. The molecule has 0 bridgehead atoms. The molecule has 0 spiro atoms. The maximum Gasteiger partial charge on any atom is 0.367 e. The van der Waals surface area contributed by atoms with Crippen LogP contribution in [0, 0.1) is 6.92 Å². The number of aryl methyl sites for hydroxylation is 1. The van der Waals surface area contributed by atoms with Crippen molar-refractivity contribution in [2.75, 3.05) is 13.3 Å². The normalized spacial score (nSPS) is 23.0. The molecule has 1 aliphatic carbocycles. The van der Waals surface area contributed by atoms with Crippen molar-refractivity contribution in [3.05, 3.63) is 29.8 Å². The van der Waals surface area contributed by atoms with Crippen molar-refractivity contribution in [1.29, 1.82) is 0 Å². The van der Waals surface area contributed by atoms with E-state index in [0.717, 1.165) is 18.9 Å². The van der Waals surface area contributed by atoms with Crippen LogP contribution in [0.1, 0.15) is 37.7 Å². The zero-order valence-corrected chi connectivity index (χ0v) is 14.4. The maximum atomic E-state index is 12.4. The van der Waals surface area contributed by atoms with Crippen LogP contribution in [0.5, 0.6) is 0 Å². The van der Waals surface area contributed by atoms with Crippen LogP contribution in [0.3, 0.4) is 0 Å². The van der Waals surface area contributed by atoms with E-state index in [1.54, 1.807) is 24.3 Å². The predicted molar refractivity (Wildman–Crippen MR) is 88.2 cm³/mol. The molecule has 23 heavy (non-hydrogen) atoms. The summed E-state index contributed by atoms with van der Waals surface area (Å²) in [5, 5.41) is 3.18. The molecule has 3 rings (SSSR count). The van der Waals surface area contributed by atoms with E-state index < -0.39 is 10.0 Å². The van der Waals surface area contributed by atoms with Gasteiger partial charge < -0.3 is 0 Å². The smallest absolute Gasteiger partial charge is 0.274 e. The van der Waals surface area contributed by atoms with Gasteiger partial charge in [-0.1, -0.05) is 24.1 Å². The van der Waals surface area contributed by atoms with Crippen LogP contribution >= 0.6 is 0 Å². The minimum atomic E-state index is -3.54. The van der Waals surface area contributed by atoms with Crippen LogP contribution in [-0.2, 0) is 10.0 Å². The third kappa shape index (κ3) is 4.03. The highest BCUT2D eigenvalue weighted by Crippen LogP contribution is 2.15. The lowest BCUT2D eigenvalue weighted by Crippen LogP contribution is -3.26. The second kappa shape index (κ2) is 6.88. The van der Waals surface area contributed by atoms with E-state index in [1.807, 2.05) is 6.92 Å². The average molecular weight is 338 g/mol. The summed E-state index contributed by atoms with van der Waals surface area (Å²) < 4.78 is 27.4. The Morgan fingerprint density at radius 2 is 1.87 bits per heavy atom. The molecule has 1 unspecified atom stereocenters.